The molecule has 12 heteroatoms. The van der Waals surface area contributed by atoms with Gasteiger partial charge in [-0.05, 0) is 13.8 Å². The fourth-order valence-corrected chi connectivity index (χ4v) is 3.00. The molecule has 152 valence electrons. The lowest BCUT2D eigenvalue weighted by atomic mass is 10.4. The Kier molecular flexibility index (Phi) is 12.5. The van der Waals surface area contributed by atoms with Gasteiger partial charge < -0.3 is 24.5 Å². The standard InChI is InChI=1S/C9H14N2O3S.C6H8N2O2S.BrH/c1-3-14-8(12)7-6-15-9(10)11(7)4-5-13-2;1-2-10-5(9)4-3-11-6(7)8-4;/h6,10H,3-5H2,1-2H3;3H,2H2,1H3,(H2,7,8);1H. The summed E-state index contributed by atoms with van der Waals surface area (Å²) < 4.78 is 16.1. The highest BCUT2D eigenvalue weighted by Gasteiger charge is 2.13. The third-order valence-corrected chi connectivity index (χ3v) is 4.29. The summed E-state index contributed by atoms with van der Waals surface area (Å²) in [6.45, 7) is 5.16. The molecule has 0 aliphatic carbocycles. The first-order chi connectivity index (χ1) is 12.4. The lowest BCUT2D eigenvalue weighted by molar-refractivity contribution is 0.0505. The van der Waals surface area contributed by atoms with Crippen molar-refractivity contribution >= 4 is 56.7 Å². The van der Waals surface area contributed by atoms with Gasteiger partial charge in [0, 0.05) is 24.4 Å². The van der Waals surface area contributed by atoms with Crippen LogP contribution in [0.4, 0.5) is 5.13 Å². The van der Waals surface area contributed by atoms with Gasteiger partial charge in [0.25, 0.3) is 0 Å². The van der Waals surface area contributed by atoms with Crippen molar-refractivity contribution in [3.8, 4) is 0 Å². The first-order valence-corrected chi connectivity index (χ1v) is 9.47. The van der Waals surface area contributed by atoms with E-state index < -0.39 is 5.97 Å². The second-order valence-electron chi connectivity index (χ2n) is 4.58. The maximum Gasteiger partial charge on any atom is 0.357 e. The number of hydrogen-bond donors (Lipinski definition) is 2. The van der Waals surface area contributed by atoms with Crippen molar-refractivity contribution in [2.24, 2.45) is 0 Å². The van der Waals surface area contributed by atoms with Gasteiger partial charge in [-0.3, -0.25) is 5.41 Å². The number of nitrogens with two attached hydrogens (primary N) is 1. The van der Waals surface area contributed by atoms with Crippen LogP contribution in [0, 0.1) is 5.41 Å². The SMILES string of the molecule is Br.CCOC(=O)c1csc(=N)n1CCOC.CCOC(=O)c1csc(N)n1. The van der Waals surface area contributed by atoms with Gasteiger partial charge in [0.05, 0.1) is 19.8 Å². The molecule has 0 aliphatic rings. The van der Waals surface area contributed by atoms with Crippen molar-refractivity contribution in [1.82, 2.24) is 9.55 Å². The van der Waals surface area contributed by atoms with Crippen molar-refractivity contribution in [3.63, 3.8) is 0 Å². The first kappa shape index (κ1) is 25.2. The van der Waals surface area contributed by atoms with Gasteiger partial charge in [0.1, 0.15) is 5.69 Å². The summed E-state index contributed by atoms with van der Waals surface area (Å²) in [5.41, 5.74) is 6.02. The van der Waals surface area contributed by atoms with E-state index in [9.17, 15) is 9.59 Å². The molecular formula is C15H23BrN4O5S2. The first-order valence-electron chi connectivity index (χ1n) is 7.71. The summed E-state index contributed by atoms with van der Waals surface area (Å²) in [5, 5.41) is 11.2. The number of rotatable bonds is 7. The molecule has 0 amide bonds. The Morgan fingerprint density at radius 1 is 1.19 bits per heavy atom. The fraction of sp³-hybridized carbons (Fsp3) is 0.467. The fourth-order valence-electron chi connectivity index (χ4n) is 1.70. The molecule has 9 nitrogen and oxygen atoms in total. The van der Waals surface area contributed by atoms with Crippen LogP contribution < -0.4 is 10.5 Å². The highest BCUT2D eigenvalue weighted by Crippen LogP contribution is 2.11. The highest BCUT2D eigenvalue weighted by atomic mass is 79.9. The second-order valence-corrected chi connectivity index (χ2v) is 6.33. The molecule has 0 unspecified atom stereocenters. The van der Waals surface area contributed by atoms with E-state index >= 15 is 0 Å². The van der Waals surface area contributed by atoms with Crippen LogP contribution in [0.1, 0.15) is 34.8 Å². The number of hydrogen-bond acceptors (Lipinski definition) is 10. The van der Waals surface area contributed by atoms with Crippen molar-refractivity contribution in [3.05, 3.63) is 26.9 Å². The van der Waals surface area contributed by atoms with Gasteiger partial charge in [-0.2, -0.15) is 0 Å². The maximum absolute atomic E-state index is 11.5. The summed E-state index contributed by atoms with van der Waals surface area (Å²) in [4.78, 5) is 26.5. The molecule has 2 heterocycles. The quantitative estimate of drug-likeness (QED) is 0.578. The number of nitrogens with one attached hydrogen (secondary N) is 1. The predicted molar refractivity (Wildman–Crippen MR) is 109 cm³/mol. The zero-order valence-electron chi connectivity index (χ0n) is 15.2. The third-order valence-electron chi connectivity index (χ3n) is 2.83. The van der Waals surface area contributed by atoms with Crippen molar-refractivity contribution in [1.29, 1.82) is 5.41 Å². The number of ether oxygens (including phenoxy) is 3. The molecule has 27 heavy (non-hydrogen) atoms. The van der Waals surface area contributed by atoms with Crippen LogP contribution in [-0.2, 0) is 20.8 Å². The molecule has 0 spiro atoms. The Hall–Kier alpha value is -1.76. The summed E-state index contributed by atoms with van der Waals surface area (Å²) in [5.74, 6) is -0.802. The maximum atomic E-state index is 11.5. The molecule has 3 N–H and O–H groups in total. The van der Waals surface area contributed by atoms with Crippen LogP contribution in [0.25, 0.3) is 0 Å². The summed E-state index contributed by atoms with van der Waals surface area (Å²) in [6, 6.07) is 0. The van der Waals surface area contributed by atoms with E-state index in [1.807, 2.05) is 0 Å². The van der Waals surface area contributed by atoms with E-state index in [0.717, 1.165) is 0 Å². The lowest BCUT2D eigenvalue weighted by Gasteiger charge is -2.06. The molecule has 0 saturated heterocycles. The van der Waals surface area contributed by atoms with E-state index in [-0.39, 0.29) is 28.6 Å². The number of halogens is 1. The number of aromatic nitrogens is 2. The summed E-state index contributed by atoms with van der Waals surface area (Å²) in [7, 11) is 1.58. The van der Waals surface area contributed by atoms with E-state index in [4.69, 9.17) is 25.4 Å². The van der Waals surface area contributed by atoms with E-state index in [1.54, 1.807) is 36.3 Å². The number of anilines is 1. The Morgan fingerprint density at radius 2 is 1.81 bits per heavy atom. The van der Waals surface area contributed by atoms with Crippen LogP contribution in [0.5, 0.6) is 0 Å². The molecule has 0 saturated carbocycles. The average Bonchev–Trinajstić information content (AvgIpc) is 3.20. The zero-order chi connectivity index (χ0) is 19.5. The minimum Gasteiger partial charge on any atom is -0.461 e. The number of carbonyl (C=O) groups excluding carboxylic acids is 2. The van der Waals surface area contributed by atoms with E-state index in [0.29, 0.717) is 42.0 Å². The van der Waals surface area contributed by atoms with Crippen molar-refractivity contribution < 1.29 is 23.8 Å². The number of esters is 2. The number of methoxy groups -OCH3 is 1. The highest BCUT2D eigenvalue weighted by molar-refractivity contribution is 8.93. The molecule has 0 atom stereocenters. The molecule has 2 rings (SSSR count). The number of nitrogens with zero attached hydrogens (tertiary/aromatic N) is 2. The van der Waals surface area contributed by atoms with Crippen molar-refractivity contribution in [2.75, 3.05) is 32.7 Å². The Morgan fingerprint density at radius 3 is 2.33 bits per heavy atom. The Labute approximate surface area is 175 Å². The summed E-state index contributed by atoms with van der Waals surface area (Å²) >= 11 is 2.43. The largest absolute Gasteiger partial charge is 0.461 e. The number of nitrogen functional groups attached to an aromatic ring is 1. The Balaban J connectivity index is 0.000000504. The van der Waals surface area contributed by atoms with Crippen LogP contribution in [0.3, 0.4) is 0 Å². The average molecular weight is 483 g/mol. The van der Waals surface area contributed by atoms with Gasteiger partial charge in [-0.25, -0.2) is 14.6 Å². The van der Waals surface area contributed by atoms with Gasteiger partial charge >= 0.3 is 11.9 Å². The monoisotopic (exact) mass is 482 g/mol. The zero-order valence-corrected chi connectivity index (χ0v) is 18.6. The minimum atomic E-state index is -0.416. The molecule has 0 radical (unpaired) electrons. The Bertz CT molecular complexity index is 774. The lowest BCUT2D eigenvalue weighted by Crippen LogP contribution is -2.22. The normalized spacial score (nSPS) is 9.59. The van der Waals surface area contributed by atoms with Gasteiger partial charge in [0.2, 0.25) is 0 Å². The predicted octanol–water partition coefficient (Wildman–Crippen LogP) is 2.33. The van der Waals surface area contributed by atoms with Crippen molar-refractivity contribution in [2.45, 2.75) is 20.4 Å². The molecule has 2 aromatic heterocycles. The molecule has 0 aromatic carbocycles. The molecular weight excluding hydrogens is 460 g/mol. The van der Waals surface area contributed by atoms with Gasteiger partial charge in [-0.1, -0.05) is 0 Å². The molecule has 2 aromatic rings. The summed E-state index contributed by atoms with van der Waals surface area (Å²) in [6.07, 6.45) is 0. The number of carbonyl (C=O) groups is 2. The van der Waals surface area contributed by atoms with E-state index in [2.05, 4.69) is 4.98 Å². The van der Waals surface area contributed by atoms with Crippen LogP contribution in [-0.4, -0.2) is 48.4 Å². The van der Waals surface area contributed by atoms with Crippen LogP contribution in [0.2, 0.25) is 0 Å². The van der Waals surface area contributed by atoms with Crippen LogP contribution in [0.15, 0.2) is 10.8 Å². The second kappa shape index (κ2) is 13.4. The minimum absolute atomic E-state index is 0. The number of thiazole rings is 2. The molecule has 0 fully saturated rings. The topological polar surface area (TPSA) is 130 Å². The third kappa shape index (κ3) is 8.20. The smallest absolute Gasteiger partial charge is 0.357 e. The molecule has 0 bridgehead atoms. The van der Waals surface area contributed by atoms with Crippen LogP contribution >= 0.6 is 39.7 Å². The van der Waals surface area contributed by atoms with Gasteiger partial charge in [-0.15, -0.1) is 39.7 Å². The van der Waals surface area contributed by atoms with Gasteiger partial charge in [0.15, 0.2) is 15.6 Å². The molecule has 0 aliphatic heterocycles. The van der Waals surface area contributed by atoms with E-state index in [1.165, 1.54) is 22.7 Å².